The van der Waals surface area contributed by atoms with E-state index in [9.17, 15) is 9.18 Å². The van der Waals surface area contributed by atoms with E-state index < -0.39 is 0 Å². The van der Waals surface area contributed by atoms with E-state index in [0.29, 0.717) is 27.8 Å². The van der Waals surface area contributed by atoms with Crippen molar-refractivity contribution in [3.63, 3.8) is 0 Å². The molecule has 0 unspecified atom stereocenters. The molecule has 8 heteroatoms. The topological polar surface area (TPSA) is 59.8 Å². The van der Waals surface area contributed by atoms with Gasteiger partial charge in [0.05, 0.1) is 28.1 Å². The molecule has 2 heterocycles. The average Bonchev–Trinajstić information content (AvgIpc) is 3.14. The Bertz CT molecular complexity index is 1470. The van der Waals surface area contributed by atoms with Crippen molar-refractivity contribution in [1.29, 1.82) is 0 Å². The van der Waals surface area contributed by atoms with Crippen LogP contribution in [0.5, 0.6) is 0 Å². The average molecular weight is 535 g/mol. The molecule has 0 fully saturated rings. The maximum atomic E-state index is 13.6. The van der Waals surface area contributed by atoms with E-state index in [-0.39, 0.29) is 17.8 Å². The predicted molar refractivity (Wildman–Crippen MR) is 146 cm³/mol. The van der Waals surface area contributed by atoms with Crippen LogP contribution in [0.15, 0.2) is 66.9 Å². The normalized spacial score (nSPS) is 15.2. The quantitative estimate of drug-likeness (QED) is 0.270. The molecule has 1 amide bonds. The van der Waals surface area contributed by atoms with Gasteiger partial charge in [-0.2, -0.15) is 5.10 Å². The van der Waals surface area contributed by atoms with Gasteiger partial charge in [0.2, 0.25) is 0 Å². The van der Waals surface area contributed by atoms with Crippen LogP contribution in [0.4, 0.5) is 4.39 Å². The van der Waals surface area contributed by atoms with Crippen LogP contribution in [0.3, 0.4) is 0 Å². The van der Waals surface area contributed by atoms with E-state index in [0.717, 1.165) is 47.4 Å². The molecule has 2 aromatic heterocycles. The highest BCUT2D eigenvalue weighted by Gasteiger charge is 2.29. The molecule has 188 valence electrons. The maximum Gasteiger partial charge on any atom is 0.272 e. The highest BCUT2D eigenvalue weighted by molar-refractivity contribution is 6.35. The summed E-state index contributed by atoms with van der Waals surface area (Å²) in [5.41, 5.74) is 5.33. The molecule has 0 bridgehead atoms. The summed E-state index contributed by atoms with van der Waals surface area (Å²) < 4.78 is 15.3. The summed E-state index contributed by atoms with van der Waals surface area (Å²) in [5, 5.41) is 8.79. The molecule has 4 aromatic rings. The minimum absolute atomic E-state index is 0.277. The number of rotatable bonds is 5. The van der Waals surface area contributed by atoms with Crippen molar-refractivity contribution in [2.24, 2.45) is 0 Å². The fourth-order valence-corrected chi connectivity index (χ4v) is 5.12. The van der Waals surface area contributed by atoms with E-state index in [1.165, 1.54) is 12.1 Å². The molecule has 0 saturated carbocycles. The number of carbonyl (C=O) groups excluding carboxylic acids is 1. The number of halogens is 3. The number of nitrogens with one attached hydrogen (secondary N) is 1. The molecule has 2 aromatic carbocycles. The Hall–Kier alpha value is -3.48. The minimum Gasteiger partial charge on any atom is -0.343 e. The largest absolute Gasteiger partial charge is 0.343 e. The number of allylic oxidation sites excluding steroid dienone is 1. The molecule has 5 nitrogen and oxygen atoms in total. The van der Waals surface area contributed by atoms with Crippen LogP contribution in [0.2, 0.25) is 10.0 Å². The number of hydrogen-bond acceptors (Lipinski definition) is 3. The van der Waals surface area contributed by atoms with Gasteiger partial charge in [-0.3, -0.25) is 9.78 Å². The van der Waals surface area contributed by atoms with Crippen molar-refractivity contribution in [1.82, 2.24) is 20.1 Å². The lowest BCUT2D eigenvalue weighted by molar-refractivity contribution is 0.0932. The van der Waals surface area contributed by atoms with E-state index in [1.807, 2.05) is 31.2 Å². The molecule has 1 N–H and O–H groups in total. The lowest BCUT2D eigenvalue weighted by Crippen LogP contribution is -2.28. The van der Waals surface area contributed by atoms with E-state index >= 15 is 0 Å². The SMILES string of the molecule is C[C@@H](NC(=O)c1nn(-c2ccc(Cl)cc2Cl)c2c1CCCC/C2=C\c1ccc(F)cc1)c1ccccn1. The van der Waals surface area contributed by atoms with Crippen LogP contribution in [0.25, 0.3) is 17.3 Å². The number of pyridine rings is 1. The van der Waals surface area contributed by atoms with Gasteiger partial charge in [0.1, 0.15) is 5.82 Å². The number of amides is 1. The third-order valence-electron chi connectivity index (χ3n) is 6.45. The zero-order valence-electron chi connectivity index (χ0n) is 20.2. The van der Waals surface area contributed by atoms with Crippen molar-refractivity contribution in [3.8, 4) is 5.69 Å². The van der Waals surface area contributed by atoms with Gasteiger partial charge >= 0.3 is 0 Å². The molecule has 0 aliphatic heterocycles. The van der Waals surface area contributed by atoms with Crippen molar-refractivity contribution in [2.45, 2.75) is 38.6 Å². The number of carbonyl (C=O) groups is 1. The Morgan fingerprint density at radius 3 is 2.59 bits per heavy atom. The molecule has 1 aliphatic rings. The summed E-state index contributed by atoms with van der Waals surface area (Å²) in [6.45, 7) is 1.89. The first-order valence-corrected chi connectivity index (χ1v) is 12.9. The second-order valence-electron chi connectivity index (χ2n) is 9.06. The van der Waals surface area contributed by atoms with E-state index in [2.05, 4.69) is 10.3 Å². The summed E-state index contributed by atoms with van der Waals surface area (Å²) in [4.78, 5) is 17.9. The highest BCUT2D eigenvalue weighted by atomic mass is 35.5. The molecule has 1 aliphatic carbocycles. The smallest absolute Gasteiger partial charge is 0.272 e. The maximum absolute atomic E-state index is 13.6. The molecular weight excluding hydrogens is 510 g/mol. The third kappa shape index (κ3) is 5.45. The summed E-state index contributed by atoms with van der Waals surface area (Å²) in [6.07, 6.45) is 7.07. The standard InChI is InChI=1S/C29H25Cl2FN4O/c1-18(25-8-4-5-15-33-25)34-29(37)27-23-7-3-2-6-20(16-19-9-12-22(32)13-10-19)28(23)36(35-27)26-14-11-21(30)17-24(26)31/h4-5,8-18H,2-3,6-7H2,1H3,(H,34,37)/b20-16+/t18-/m1/s1. The molecule has 0 spiro atoms. The zero-order valence-corrected chi connectivity index (χ0v) is 21.7. The minimum atomic E-state index is -0.298. The summed E-state index contributed by atoms with van der Waals surface area (Å²) in [6, 6.07) is 16.9. The van der Waals surface area contributed by atoms with Gasteiger partial charge < -0.3 is 5.32 Å². The first-order chi connectivity index (χ1) is 17.9. The summed E-state index contributed by atoms with van der Waals surface area (Å²) in [5.74, 6) is -0.566. The number of nitrogens with zero attached hydrogens (tertiary/aromatic N) is 3. The molecule has 5 rings (SSSR count). The van der Waals surface area contributed by atoms with Gasteiger partial charge in [-0.1, -0.05) is 41.4 Å². The van der Waals surface area contributed by atoms with Crippen LogP contribution in [0, 0.1) is 5.82 Å². The molecular formula is C29H25Cl2FN4O. The van der Waals surface area contributed by atoms with Gasteiger partial charge in [-0.05, 0) is 92.3 Å². The van der Waals surface area contributed by atoms with E-state index in [1.54, 1.807) is 41.2 Å². The predicted octanol–water partition coefficient (Wildman–Crippen LogP) is 7.47. The monoisotopic (exact) mass is 534 g/mol. The van der Waals surface area contributed by atoms with Crippen LogP contribution in [-0.4, -0.2) is 20.7 Å². The van der Waals surface area contributed by atoms with Gasteiger partial charge in [0, 0.05) is 16.8 Å². The Labute approximate surface area is 225 Å². The van der Waals surface area contributed by atoms with Crippen LogP contribution in [0.1, 0.15) is 65.2 Å². The Balaban J connectivity index is 1.64. The highest BCUT2D eigenvalue weighted by Crippen LogP contribution is 2.37. The van der Waals surface area contributed by atoms with Gasteiger partial charge in [0.25, 0.3) is 5.91 Å². The summed E-state index contributed by atoms with van der Waals surface area (Å²) in [7, 11) is 0. The van der Waals surface area contributed by atoms with Crippen LogP contribution in [-0.2, 0) is 6.42 Å². The lowest BCUT2D eigenvalue weighted by atomic mass is 10.0. The lowest BCUT2D eigenvalue weighted by Gasteiger charge is -2.13. The van der Waals surface area contributed by atoms with Gasteiger partial charge in [0.15, 0.2) is 5.69 Å². The fraction of sp³-hybridized carbons (Fsp3) is 0.207. The van der Waals surface area contributed by atoms with Crippen molar-refractivity contribution < 1.29 is 9.18 Å². The van der Waals surface area contributed by atoms with E-state index in [4.69, 9.17) is 28.3 Å². The van der Waals surface area contributed by atoms with Crippen LogP contribution >= 0.6 is 23.2 Å². The second-order valence-corrected chi connectivity index (χ2v) is 9.90. The fourth-order valence-electron chi connectivity index (χ4n) is 4.63. The molecule has 1 atom stereocenters. The van der Waals surface area contributed by atoms with Gasteiger partial charge in [-0.25, -0.2) is 9.07 Å². The van der Waals surface area contributed by atoms with Crippen molar-refractivity contribution >= 4 is 40.8 Å². The number of benzene rings is 2. The Morgan fingerprint density at radius 2 is 1.86 bits per heavy atom. The number of fused-ring (bicyclic) bond motifs is 1. The van der Waals surface area contributed by atoms with Crippen molar-refractivity contribution in [2.75, 3.05) is 0 Å². The second kappa shape index (κ2) is 10.9. The molecule has 37 heavy (non-hydrogen) atoms. The number of aromatic nitrogens is 3. The van der Waals surface area contributed by atoms with Crippen LogP contribution < -0.4 is 5.32 Å². The molecule has 0 radical (unpaired) electrons. The molecule has 0 saturated heterocycles. The van der Waals surface area contributed by atoms with Gasteiger partial charge in [-0.15, -0.1) is 0 Å². The van der Waals surface area contributed by atoms with Crippen molar-refractivity contribution in [3.05, 3.63) is 111 Å². The third-order valence-corrected chi connectivity index (χ3v) is 6.99. The summed E-state index contributed by atoms with van der Waals surface area (Å²) >= 11 is 12.8. The first kappa shape index (κ1) is 25.2. The Morgan fingerprint density at radius 1 is 1.08 bits per heavy atom. The number of hydrogen-bond donors (Lipinski definition) is 1. The Kier molecular flexibility index (Phi) is 7.40. The first-order valence-electron chi connectivity index (χ1n) is 12.2. The zero-order chi connectivity index (χ0) is 25.9.